The van der Waals surface area contributed by atoms with E-state index in [0.717, 1.165) is 29.9 Å². The van der Waals surface area contributed by atoms with E-state index in [0.29, 0.717) is 16.8 Å². The molecule has 4 fully saturated rings. The highest BCUT2D eigenvalue weighted by Crippen LogP contribution is 2.60. The molecule has 28 heavy (non-hydrogen) atoms. The zero-order chi connectivity index (χ0) is 19.1. The standard InChI is InChI=1S/C22H26N6/c1-2-17-3-4-19(22-9-14-5-15(10-22)7-16(6-14)11-22)8-20(17)24-13-18(12-23)21-25-27-28-26-21/h3-4,8,13-16,24H,2,5-7,9-11H2,1H3,(H,25,26,27,28). The molecule has 6 nitrogen and oxygen atoms in total. The number of benzene rings is 1. The molecule has 1 aromatic heterocycles. The van der Waals surface area contributed by atoms with Crippen LogP contribution in [0.25, 0.3) is 5.57 Å². The van der Waals surface area contributed by atoms with Crippen LogP contribution in [0.2, 0.25) is 0 Å². The summed E-state index contributed by atoms with van der Waals surface area (Å²) in [6.07, 6.45) is 11.1. The SMILES string of the molecule is CCc1ccc(C23CC4CC(CC(C4)C2)C3)cc1NC=C(C#N)c1nn[nH]n1. The molecule has 0 atom stereocenters. The molecule has 4 aliphatic carbocycles. The monoisotopic (exact) mass is 374 g/mol. The van der Waals surface area contributed by atoms with E-state index >= 15 is 0 Å². The molecular formula is C22H26N6. The first-order valence-corrected chi connectivity index (χ1v) is 10.4. The van der Waals surface area contributed by atoms with Gasteiger partial charge >= 0.3 is 0 Å². The van der Waals surface area contributed by atoms with Gasteiger partial charge in [0.15, 0.2) is 0 Å². The average Bonchev–Trinajstić information content (AvgIpc) is 3.22. The second-order valence-corrected chi connectivity index (χ2v) is 8.97. The largest absolute Gasteiger partial charge is 0.360 e. The van der Waals surface area contributed by atoms with E-state index < -0.39 is 0 Å². The first-order valence-electron chi connectivity index (χ1n) is 10.4. The van der Waals surface area contributed by atoms with Crippen molar-refractivity contribution in [2.45, 2.75) is 57.3 Å². The first kappa shape index (κ1) is 17.4. The number of nitrogens with zero attached hydrogens (tertiary/aromatic N) is 4. The minimum Gasteiger partial charge on any atom is -0.360 e. The van der Waals surface area contributed by atoms with Crippen LogP contribution in [0.15, 0.2) is 24.4 Å². The van der Waals surface area contributed by atoms with Crippen molar-refractivity contribution in [3.8, 4) is 6.07 Å². The number of aromatic nitrogens is 4. The van der Waals surface area contributed by atoms with Crippen molar-refractivity contribution in [1.82, 2.24) is 20.6 Å². The zero-order valence-electron chi connectivity index (χ0n) is 16.3. The highest BCUT2D eigenvalue weighted by atomic mass is 15.5. The summed E-state index contributed by atoms with van der Waals surface area (Å²) in [5.41, 5.74) is 4.57. The summed E-state index contributed by atoms with van der Waals surface area (Å²) in [6, 6.07) is 9.12. The lowest BCUT2D eigenvalue weighted by Gasteiger charge is -2.57. The van der Waals surface area contributed by atoms with Gasteiger partial charge in [0.2, 0.25) is 5.82 Å². The molecule has 0 aliphatic heterocycles. The number of hydrogen-bond acceptors (Lipinski definition) is 5. The Morgan fingerprint density at radius 3 is 2.54 bits per heavy atom. The lowest BCUT2D eigenvalue weighted by Crippen LogP contribution is -2.48. The van der Waals surface area contributed by atoms with Crippen LogP contribution in [0.5, 0.6) is 0 Å². The van der Waals surface area contributed by atoms with Crippen LogP contribution in [0.1, 0.15) is 62.4 Å². The Balaban J connectivity index is 1.47. The van der Waals surface area contributed by atoms with E-state index in [9.17, 15) is 5.26 Å². The minimum absolute atomic E-state index is 0.310. The van der Waals surface area contributed by atoms with Gasteiger partial charge < -0.3 is 5.32 Å². The molecule has 1 heterocycles. The molecule has 2 N–H and O–H groups in total. The van der Waals surface area contributed by atoms with Gasteiger partial charge in [-0.2, -0.15) is 10.5 Å². The highest BCUT2D eigenvalue weighted by molar-refractivity contribution is 5.74. The van der Waals surface area contributed by atoms with Gasteiger partial charge in [0.05, 0.1) is 0 Å². The van der Waals surface area contributed by atoms with E-state index in [-0.39, 0.29) is 0 Å². The summed E-state index contributed by atoms with van der Waals surface area (Å²) < 4.78 is 0. The van der Waals surface area contributed by atoms with Gasteiger partial charge in [-0.15, -0.1) is 10.2 Å². The predicted molar refractivity (Wildman–Crippen MR) is 107 cm³/mol. The molecule has 6 heteroatoms. The van der Waals surface area contributed by atoms with Crippen LogP contribution in [0, 0.1) is 29.1 Å². The zero-order valence-corrected chi connectivity index (χ0v) is 16.3. The minimum atomic E-state index is 0.310. The summed E-state index contributed by atoms with van der Waals surface area (Å²) in [5.74, 6) is 3.09. The van der Waals surface area contributed by atoms with Crippen molar-refractivity contribution in [3.63, 3.8) is 0 Å². The first-order chi connectivity index (χ1) is 13.7. The number of hydrogen-bond donors (Lipinski definition) is 2. The molecule has 0 saturated heterocycles. The van der Waals surface area contributed by atoms with Crippen molar-refractivity contribution in [2.24, 2.45) is 17.8 Å². The van der Waals surface area contributed by atoms with E-state index in [2.05, 4.69) is 57.1 Å². The van der Waals surface area contributed by atoms with E-state index in [1.165, 1.54) is 49.7 Å². The van der Waals surface area contributed by atoms with Gasteiger partial charge in [-0.25, -0.2) is 0 Å². The summed E-state index contributed by atoms with van der Waals surface area (Å²) in [7, 11) is 0. The van der Waals surface area contributed by atoms with Gasteiger partial charge in [0, 0.05) is 11.9 Å². The normalized spacial score (nSPS) is 31.0. The fourth-order valence-corrected chi connectivity index (χ4v) is 6.39. The quantitative estimate of drug-likeness (QED) is 0.765. The summed E-state index contributed by atoms with van der Waals surface area (Å²) >= 11 is 0. The second kappa shape index (κ2) is 6.73. The van der Waals surface area contributed by atoms with E-state index in [1.54, 1.807) is 6.20 Å². The number of H-pyrrole nitrogens is 1. The summed E-state index contributed by atoms with van der Waals surface area (Å²) in [4.78, 5) is 0. The number of rotatable bonds is 5. The van der Waals surface area contributed by atoms with Gasteiger partial charge in [-0.05, 0) is 90.5 Å². The smallest absolute Gasteiger partial charge is 0.216 e. The van der Waals surface area contributed by atoms with Gasteiger partial charge in [0.25, 0.3) is 0 Å². The van der Waals surface area contributed by atoms with Crippen LogP contribution in [-0.4, -0.2) is 20.6 Å². The van der Waals surface area contributed by atoms with Crippen molar-refractivity contribution < 1.29 is 0 Å². The summed E-state index contributed by atoms with van der Waals surface area (Å²) in [5, 5.41) is 26.6. The van der Waals surface area contributed by atoms with Gasteiger partial charge in [-0.1, -0.05) is 19.1 Å². The van der Waals surface area contributed by atoms with E-state index in [1.807, 2.05) is 0 Å². The number of aromatic amines is 1. The fraction of sp³-hybridized carbons (Fsp3) is 0.545. The Labute approximate surface area is 165 Å². The van der Waals surface area contributed by atoms with Gasteiger partial charge in [0.1, 0.15) is 11.6 Å². The van der Waals surface area contributed by atoms with E-state index in [4.69, 9.17) is 0 Å². The van der Waals surface area contributed by atoms with Crippen LogP contribution in [-0.2, 0) is 11.8 Å². The molecule has 1 aromatic carbocycles. The number of tetrazole rings is 1. The Hall–Kier alpha value is -2.68. The third-order valence-corrected chi connectivity index (χ3v) is 7.22. The van der Waals surface area contributed by atoms with Gasteiger partial charge in [-0.3, -0.25) is 0 Å². The maximum absolute atomic E-state index is 9.43. The van der Waals surface area contributed by atoms with Crippen molar-refractivity contribution in [1.29, 1.82) is 5.26 Å². The number of allylic oxidation sites excluding steroid dienone is 1. The topological polar surface area (TPSA) is 90.3 Å². The summed E-state index contributed by atoms with van der Waals surface area (Å²) in [6.45, 7) is 2.17. The molecule has 4 aliphatic rings. The molecule has 0 amide bonds. The van der Waals surface area contributed by atoms with Crippen LogP contribution < -0.4 is 5.32 Å². The third-order valence-electron chi connectivity index (χ3n) is 7.22. The average molecular weight is 374 g/mol. The third kappa shape index (κ3) is 2.90. The number of nitriles is 1. The molecule has 0 radical (unpaired) electrons. The maximum Gasteiger partial charge on any atom is 0.216 e. The molecular weight excluding hydrogens is 348 g/mol. The Morgan fingerprint density at radius 1 is 1.25 bits per heavy atom. The molecule has 4 bridgehead atoms. The molecule has 6 rings (SSSR count). The lowest BCUT2D eigenvalue weighted by atomic mass is 9.48. The maximum atomic E-state index is 9.43. The van der Waals surface area contributed by atoms with Crippen molar-refractivity contribution in [3.05, 3.63) is 41.4 Å². The highest BCUT2D eigenvalue weighted by Gasteiger charge is 2.51. The molecule has 144 valence electrons. The Bertz CT molecular complexity index is 901. The molecule has 0 unspecified atom stereocenters. The Kier molecular flexibility index (Phi) is 4.19. The number of anilines is 1. The Morgan fingerprint density at radius 2 is 1.96 bits per heavy atom. The van der Waals surface area contributed by atoms with Crippen LogP contribution in [0.3, 0.4) is 0 Å². The number of aryl methyl sites for hydroxylation is 1. The molecule has 2 aromatic rings. The predicted octanol–water partition coefficient (Wildman–Crippen LogP) is 4.21. The van der Waals surface area contributed by atoms with Crippen molar-refractivity contribution >= 4 is 11.3 Å². The van der Waals surface area contributed by atoms with Crippen LogP contribution in [0.4, 0.5) is 5.69 Å². The van der Waals surface area contributed by atoms with Crippen molar-refractivity contribution in [2.75, 3.05) is 5.32 Å². The lowest BCUT2D eigenvalue weighted by molar-refractivity contribution is -0.00516. The molecule has 4 saturated carbocycles. The molecule has 0 spiro atoms. The number of nitrogens with one attached hydrogen (secondary N) is 2. The fourth-order valence-electron chi connectivity index (χ4n) is 6.39. The van der Waals surface area contributed by atoms with Crippen LogP contribution >= 0.6 is 0 Å². The second-order valence-electron chi connectivity index (χ2n) is 8.97.